The molecule has 0 radical (unpaired) electrons. The smallest absolute Gasteiger partial charge is 0.0108 e. The highest BCUT2D eigenvalue weighted by molar-refractivity contribution is 14.2. The maximum Gasteiger partial charge on any atom is 0.0108 e. The molecule has 12 heavy (non-hydrogen) atoms. The maximum atomic E-state index is 2.29. The first-order valence-electron chi connectivity index (χ1n) is 3.93. The zero-order chi connectivity index (χ0) is 8.81. The van der Waals surface area contributed by atoms with E-state index < -0.39 is 0 Å². The molecule has 64 valence electrons. The fourth-order valence-corrected chi connectivity index (χ4v) is 2.53. The molecule has 0 aliphatic heterocycles. The number of halogens is 1. The third kappa shape index (κ3) is 2.55. The normalized spacial score (nSPS) is 23.8. The Kier molecular flexibility index (Phi) is 4.22. The molecule has 0 saturated heterocycles. The minimum atomic E-state index is 0.205. The summed E-state index contributed by atoms with van der Waals surface area (Å²) in [5.74, 6) is 0. The number of alkyl halides is 1. The van der Waals surface area contributed by atoms with Gasteiger partial charge in [0, 0.05) is 3.51 Å². The molecule has 1 rings (SSSR count). The van der Waals surface area contributed by atoms with Crippen LogP contribution in [0, 0.1) is 0 Å². The second-order valence-electron chi connectivity index (χ2n) is 2.40. The standard InChI is InChI=1S/C11H13I/c1-3-4-7-10-8-5-6-9-11(10)12-2/h3-9H,1-2H3/b4-3-,10-7-. The van der Waals surface area contributed by atoms with Gasteiger partial charge in [-0.1, -0.05) is 36.5 Å². The third-order valence-electron chi connectivity index (χ3n) is 1.58. The first-order valence-corrected chi connectivity index (χ1v) is 7.16. The van der Waals surface area contributed by atoms with E-state index >= 15 is 0 Å². The molecule has 0 unspecified atom stereocenters. The van der Waals surface area contributed by atoms with E-state index in [1.54, 1.807) is 0 Å². The zero-order valence-electron chi connectivity index (χ0n) is 7.42. The van der Waals surface area contributed by atoms with Gasteiger partial charge in [0.05, 0.1) is 0 Å². The van der Waals surface area contributed by atoms with Gasteiger partial charge in [-0.15, -0.1) is 20.7 Å². The Morgan fingerprint density at radius 3 is 2.67 bits per heavy atom. The summed E-state index contributed by atoms with van der Waals surface area (Å²) in [5.41, 5.74) is 1.38. The van der Waals surface area contributed by atoms with Gasteiger partial charge in [-0.05, 0) is 23.5 Å². The summed E-state index contributed by atoms with van der Waals surface area (Å²) in [6.45, 7) is 2.04. The molecule has 0 aromatic carbocycles. The molecule has 0 N–H and O–H groups in total. The Morgan fingerprint density at radius 1 is 1.25 bits per heavy atom. The average Bonchev–Trinajstić information content (AvgIpc) is 2.15. The van der Waals surface area contributed by atoms with Crippen LogP contribution in [-0.4, -0.2) is 8.44 Å². The molecule has 0 heterocycles. The monoisotopic (exact) mass is 272 g/mol. The molecule has 1 aliphatic carbocycles. The van der Waals surface area contributed by atoms with Gasteiger partial charge in [0.1, 0.15) is 0 Å². The third-order valence-corrected chi connectivity index (χ3v) is 3.72. The van der Waals surface area contributed by atoms with Crippen molar-refractivity contribution in [3.63, 3.8) is 0 Å². The summed E-state index contributed by atoms with van der Waals surface area (Å²) in [4.78, 5) is 2.29. The fourth-order valence-electron chi connectivity index (χ4n) is 0.982. The lowest BCUT2D eigenvalue weighted by molar-refractivity contribution is 1.69. The summed E-state index contributed by atoms with van der Waals surface area (Å²) in [6, 6.07) is 0. The van der Waals surface area contributed by atoms with E-state index in [1.807, 2.05) is 6.92 Å². The molecule has 0 aromatic rings. The van der Waals surface area contributed by atoms with Crippen LogP contribution in [0.5, 0.6) is 0 Å². The van der Waals surface area contributed by atoms with E-state index in [0.29, 0.717) is 0 Å². The van der Waals surface area contributed by atoms with Gasteiger partial charge in [0.15, 0.2) is 0 Å². The van der Waals surface area contributed by atoms with Crippen LogP contribution in [0.25, 0.3) is 0 Å². The molecule has 0 fully saturated rings. The minimum Gasteiger partial charge on any atom is -0.117 e. The molecule has 0 aromatic heterocycles. The van der Waals surface area contributed by atoms with Gasteiger partial charge in [-0.2, -0.15) is 0 Å². The second-order valence-corrected chi connectivity index (χ2v) is 4.64. The predicted molar refractivity (Wildman–Crippen MR) is 66.1 cm³/mol. The second kappa shape index (κ2) is 5.25. The Hall–Kier alpha value is -0.440. The van der Waals surface area contributed by atoms with Crippen LogP contribution in [0.4, 0.5) is 0 Å². The van der Waals surface area contributed by atoms with Gasteiger partial charge in [-0.3, -0.25) is 0 Å². The summed E-state index contributed by atoms with van der Waals surface area (Å²) in [5, 5.41) is 0. The summed E-state index contributed by atoms with van der Waals surface area (Å²) in [7, 11) is 0. The number of hydrogen-bond acceptors (Lipinski definition) is 0. The first-order chi connectivity index (χ1) is 5.88. The summed E-state index contributed by atoms with van der Waals surface area (Å²) in [6.07, 6.45) is 15.0. The Morgan fingerprint density at radius 2 is 2.00 bits per heavy atom. The van der Waals surface area contributed by atoms with Crippen molar-refractivity contribution in [1.82, 2.24) is 0 Å². The van der Waals surface area contributed by atoms with Gasteiger partial charge in [-0.25, -0.2) is 0 Å². The van der Waals surface area contributed by atoms with Gasteiger partial charge >= 0.3 is 0 Å². The van der Waals surface area contributed by atoms with Crippen molar-refractivity contribution in [3.05, 3.63) is 48.1 Å². The molecule has 1 heteroatoms. The van der Waals surface area contributed by atoms with Crippen molar-refractivity contribution < 1.29 is 0 Å². The average molecular weight is 272 g/mol. The molecule has 0 nitrogen and oxygen atoms in total. The van der Waals surface area contributed by atoms with Gasteiger partial charge in [0.2, 0.25) is 0 Å². The van der Waals surface area contributed by atoms with E-state index in [9.17, 15) is 0 Å². The van der Waals surface area contributed by atoms with E-state index in [0.717, 1.165) is 0 Å². The van der Waals surface area contributed by atoms with Gasteiger partial charge < -0.3 is 0 Å². The lowest BCUT2D eigenvalue weighted by atomic mass is 10.1. The zero-order valence-corrected chi connectivity index (χ0v) is 9.58. The van der Waals surface area contributed by atoms with Crippen LogP contribution in [0.2, 0.25) is 0 Å². The largest absolute Gasteiger partial charge is 0.117 e. The highest BCUT2D eigenvalue weighted by Crippen LogP contribution is 2.13. The lowest BCUT2D eigenvalue weighted by Crippen LogP contribution is -1.95. The highest BCUT2D eigenvalue weighted by Gasteiger charge is 1.98. The molecule has 1 aliphatic rings. The molecule has 0 spiro atoms. The van der Waals surface area contributed by atoms with Crippen LogP contribution in [0.3, 0.4) is 0 Å². The van der Waals surface area contributed by atoms with Crippen LogP contribution in [0.15, 0.2) is 48.1 Å². The number of rotatable bonds is 1. The quantitative estimate of drug-likeness (QED) is 0.507. The highest BCUT2D eigenvalue weighted by atomic mass is 127. The number of allylic oxidation sites excluding steroid dienone is 8. The lowest BCUT2D eigenvalue weighted by Gasteiger charge is -2.04. The van der Waals surface area contributed by atoms with Crippen molar-refractivity contribution in [2.75, 3.05) is 4.93 Å². The van der Waals surface area contributed by atoms with Crippen LogP contribution in [-0.2, 0) is 0 Å². The molecule has 0 atom stereocenters. The molecule has 0 bridgehead atoms. The first kappa shape index (κ1) is 9.65. The van der Waals surface area contributed by atoms with Crippen molar-refractivity contribution in [2.24, 2.45) is 0 Å². The summed E-state index contributed by atoms with van der Waals surface area (Å²) < 4.78 is 1.52. The van der Waals surface area contributed by atoms with Crippen molar-refractivity contribution in [3.8, 4) is 0 Å². The van der Waals surface area contributed by atoms with Crippen LogP contribution < -0.4 is 0 Å². The molecule has 0 saturated carbocycles. The SMILES string of the molecule is C/C=C\C=C1\C=CC=CC1=IC. The van der Waals surface area contributed by atoms with E-state index in [4.69, 9.17) is 0 Å². The van der Waals surface area contributed by atoms with E-state index in [2.05, 4.69) is 47.5 Å². The topological polar surface area (TPSA) is 0 Å². The number of hydrogen-bond donors (Lipinski definition) is 0. The van der Waals surface area contributed by atoms with E-state index in [1.165, 1.54) is 9.08 Å². The van der Waals surface area contributed by atoms with Crippen LogP contribution in [0.1, 0.15) is 6.92 Å². The Bertz CT molecular complexity index is 288. The van der Waals surface area contributed by atoms with Crippen molar-refractivity contribution >= 4 is 24.2 Å². The summed E-state index contributed by atoms with van der Waals surface area (Å²) >= 11 is 0.205. The van der Waals surface area contributed by atoms with Crippen LogP contribution >= 0.6 is 20.7 Å². The predicted octanol–water partition coefficient (Wildman–Crippen LogP) is 3.39. The Labute approximate surface area is 84.1 Å². The molecule has 0 amide bonds. The fraction of sp³-hybridized carbons (Fsp3) is 0.182. The van der Waals surface area contributed by atoms with Crippen molar-refractivity contribution in [2.45, 2.75) is 6.92 Å². The van der Waals surface area contributed by atoms with E-state index in [-0.39, 0.29) is 20.7 Å². The van der Waals surface area contributed by atoms with Crippen molar-refractivity contribution in [1.29, 1.82) is 0 Å². The van der Waals surface area contributed by atoms with Gasteiger partial charge in [0.25, 0.3) is 0 Å². The Balaban J connectivity index is 2.90. The molecular weight excluding hydrogens is 259 g/mol. The molecular formula is C11H13I. The minimum absolute atomic E-state index is 0.205. The maximum absolute atomic E-state index is 2.29.